The van der Waals surface area contributed by atoms with Crippen LogP contribution in [0.15, 0.2) is 194 Å². The summed E-state index contributed by atoms with van der Waals surface area (Å²) in [5, 5.41) is 1.06. The molecule has 1 heterocycles. The predicted molar refractivity (Wildman–Crippen MR) is 219 cm³/mol. The van der Waals surface area contributed by atoms with Crippen LogP contribution in [0.5, 0.6) is 0 Å². The first-order valence-corrected chi connectivity index (χ1v) is 19.0. The molecule has 8 aromatic rings. The van der Waals surface area contributed by atoms with Crippen molar-refractivity contribution in [2.24, 2.45) is 5.92 Å². The standard InChI is InChI=1S/C52H34N2/c1-2-17-33(18-3-1)49-38-23-8-15-32-47(38)53-50(54-49)39-24-16-31-46-48(39)52(42-27-11-6-21-36(42)37-22-7-12-28-43(37)52)45-30-14-13-29-44(45)51(46)40-25-9-4-19-34(40)35-20-5-10-26-41(35)51/h1-29,31-32,45H,30H2. The first kappa shape index (κ1) is 29.9. The molecule has 2 nitrogen and oxygen atoms in total. The highest BCUT2D eigenvalue weighted by Crippen LogP contribution is 2.71. The van der Waals surface area contributed by atoms with Crippen molar-refractivity contribution in [3.05, 3.63) is 227 Å². The molecule has 0 saturated carbocycles. The molecule has 12 rings (SSSR count). The molecule has 54 heavy (non-hydrogen) atoms. The molecule has 4 aliphatic carbocycles. The van der Waals surface area contributed by atoms with E-state index < -0.39 is 10.8 Å². The molecule has 1 unspecified atom stereocenters. The monoisotopic (exact) mass is 686 g/mol. The molecule has 1 aromatic heterocycles. The zero-order valence-corrected chi connectivity index (χ0v) is 29.6. The van der Waals surface area contributed by atoms with Crippen molar-refractivity contribution in [2.75, 3.05) is 0 Å². The maximum Gasteiger partial charge on any atom is 0.160 e. The number of fused-ring (bicyclic) bond motifs is 17. The molecular formula is C52H34N2. The number of nitrogens with zero attached hydrogens (tertiary/aromatic N) is 2. The molecule has 0 N–H and O–H groups in total. The van der Waals surface area contributed by atoms with Gasteiger partial charge in [0.15, 0.2) is 5.82 Å². The van der Waals surface area contributed by atoms with E-state index in [0.717, 1.165) is 40.0 Å². The second kappa shape index (κ2) is 10.9. The third-order valence-corrected chi connectivity index (χ3v) is 12.8. The fraction of sp³-hybridized carbons (Fsp3) is 0.0769. The Bertz CT molecular complexity index is 2840. The normalized spacial score (nSPS) is 17.3. The van der Waals surface area contributed by atoms with E-state index in [1.54, 1.807) is 0 Å². The van der Waals surface area contributed by atoms with Crippen LogP contribution in [-0.2, 0) is 10.8 Å². The zero-order chi connectivity index (χ0) is 35.4. The topological polar surface area (TPSA) is 25.8 Å². The molecule has 2 heteroatoms. The van der Waals surface area contributed by atoms with Gasteiger partial charge in [-0.3, -0.25) is 0 Å². The molecule has 252 valence electrons. The average Bonchev–Trinajstić information content (AvgIpc) is 3.71. The molecule has 1 atom stereocenters. The molecular weight excluding hydrogens is 653 g/mol. The van der Waals surface area contributed by atoms with Crippen molar-refractivity contribution in [1.29, 1.82) is 0 Å². The third-order valence-electron chi connectivity index (χ3n) is 12.8. The van der Waals surface area contributed by atoms with E-state index in [0.29, 0.717) is 0 Å². The van der Waals surface area contributed by atoms with Crippen molar-refractivity contribution in [3.8, 4) is 44.9 Å². The fourth-order valence-electron chi connectivity index (χ4n) is 11.0. The Morgan fingerprint density at radius 3 is 1.69 bits per heavy atom. The van der Waals surface area contributed by atoms with Gasteiger partial charge >= 0.3 is 0 Å². The van der Waals surface area contributed by atoms with Gasteiger partial charge in [0.25, 0.3) is 0 Å². The second-order valence-corrected chi connectivity index (χ2v) is 15.1. The van der Waals surface area contributed by atoms with E-state index in [9.17, 15) is 0 Å². The lowest BCUT2D eigenvalue weighted by atomic mass is 9.46. The molecule has 0 aliphatic heterocycles. The van der Waals surface area contributed by atoms with Gasteiger partial charge in [0.2, 0.25) is 0 Å². The summed E-state index contributed by atoms with van der Waals surface area (Å²) in [4.78, 5) is 11.1. The van der Waals surface area contributed by atoms with Crippen molar-refractivity contribution in [2.45, 2.75) is 17.3 Å². The van der Waals surface area contributed by atoms with E-state index in [2.05, 4.69) is 188 Å². The van der Waals surface area contributed by atoms with E-state index in [4.69, 9.17) is 9.97 Å². The Balaban J connectivity index is 1.30. The lowest BCUT2D eigenvalue weighted by Gasteiger charge is -2.55. The summed E-state index contributed by atoms with van der Waals surface area (Å²) in [7, 11) is 0. The highest BCUT2D eigenvalue weighted by Gasteiger charge is 2.63. The van der Waals surface area contributed by atoms with Crippen LogP contribution in [0.2, 0.25) is 0 Å². The second-order valence-electron chi connectivity index (χ2n) is 15.1. The number of aromatic nitrogens is 2. The number of para-hydroxylation sites is 1. The van der Waals surface area contributed by atoms with E-state index in [1.165, 1.54) is 61.2 Å². The fourth-order valence-corrected chi connectivity index (χ4v) is 11.0. The Morgan fingerprint density at radius 2 is 1.00 bits per heavy atom. The van der Waals surface area contributed by atoms with Gasteiger partial charge in [-0.15, -0.1) is 0 Å². The first-order chi connectivity index (χ1) is 26.8. The summed E-state index contributed by atoms with van der Waals surface area (Å²) in [6.07, 6.45) is 8.09. The summed E-state index contributed by atoms with van der Waals surface area (Å²) < 4.78 is 0. The lowest BCUT2D eigenvalue weighted by molar-refractivity contribution is 0.372. The Kier molecular flexibility index (Phi) is 6.06. The quantitative estimate of drug-likeness (QED) is 0.181. The Labute approximate surface area is 314 Å². The highest BCUT2D eigenvalue weighted by atomic mass is 14.9. The van der Waals surface area contributed by atoms with Crippen LogP contribution in [0.4, 0.5) is 0 Å². The van der Waals surface area contributed by atoms with Gasteiger partial charge < -0.3 is 0 Å². The number of benzene rings is 7. The minimum Gasteiger partial charge on any atom is -0.228 e. The van der Waals surface area contributed by atoms with Crippen molar-refractivity contribution in [1.82, 2.24) is 9.97 Å². The van der Waals surface area contributed by atoms with Gasteiger partial charge in [-0.25, -0.2) is 9.97 Å². The van der Waals surface area contributed by atoms with Crippen LogP contribution in [0.3, 0.4) is 0 Å². The van der Waals surface area contributed by atoms with Crippen molar-refractivity contribution >= 4 is 10.9 Å². The maximum atomic E-state index is 5.58. The van der Waals surface area contributed by atoms with Gasteiger partial charge in [-0.1, -0.05) is 182 Å². The van der Waals surface area contributed by atoms with Crippen LogP contribution in [0, 0.1) is 5.92 Å². The average molecular weight is 687 g/mol. The van der Waals surface area contributed by atoms with Crippen LogP contribution in [0.1, 0.15) is 39.8 Å². The van der Waals surface area contributed by atoms with Crippen LogP contribution in [0.25, 0.3) is 55.8 Å². The minimum atomic E-state index is -0.495. The maximum absolute atomic E-state index is 5.58. The minimum absolute atomic E-state index is 0.134. The Morgan fingerprint density at radius 1 is 0.463 bits per heavy atom. The highest BCUT2D eigenvalue weighted by molar-refractivity contribution is 5.96. The number of allylic oxidation sites excluding steroid dienone is 4. The molecule has 7 aromatic carbocycles. The number of rotatable bonds is 2. The van der Waals surface area contributed by atoms with Crippen molar-refractivity contribution in [3.63, 3.8) is 0 Å². The summed E-state index contributed by atoms with van der Waals surface area (Å²) in [6.45, 7) is 0. The number of hydrogen-bond acceptors (Lipinski definition) is 2. The summed E-state index contributed by atoms with van der Waals surface area (Å²) in [6, 6.07) is 62.7. The molecule has 2 spiro atoms. The van der Waals surface area contributed by atoms with E-state index >= 15 is 0 Å². The van der Waals surface area contributed by atoms with Gasteiger partial charge in [0.05, 0.1) is 22.0 Å². The molecule has 0 saturated heterocycles. The van der Waals surface area contributed by atoms with Gasteiger partial charge in [0.1, 0.15) is 0 Å². The summed E-state index contributed by atoms with van der Waals surface area (Å²) in [5.74, 6) is 0.897. The predicted octanol–water partition coefficient (Wildman–Crippen LogP) is 12.1. The van der Waals surface area contributed by atoms with Gasteiger partial charge in [0, 0.05) is 22.4 Å². The largest absolute Gasteiger partial charge is 0.228 e. The molecule has 0 amide bonds. The van der Waals surface area contributed by atoms with Gasteiger partial charge in [-0.2, -0.15) is 0 Å². The number of hydrogen-bond donors (Lipinski definition) is 0. The summed E-state index contributed by atoms with van der Waals surface area (Å²) >= 11 is 0. The lowest BCUT2D eigenvalue weighted by Crippen LogP contribution is -2.50. The van der Waals surface area contributed by atoms with Crippen LogP contribution >= 0.6 is 0 Å². The van der Waals surface area contributed by atoms with Gasteiger partial charge in [-0.05, 0) is 73.7 Å². The van der Waals surface area contributed by atoms with Crippen molar-refractivity contribution < 1.29 is 0 Å². The SMILES string of the molecule is C1=CCC2C(=C1)C1(c3ccccc3-c3ccccc31)c1cccc(-c3nc(-c4ccccc4)c4ccccc4n3)c1C21c2ccccc2-c2ccccc21. The molecule has 0 fully saturated rings. The van der Waals surface area contributed by atoms with Crippen LogP contribution in [-0.4, -0.2) is 9.97 Å². The van der Waals surface area contributed by atoms with E-state index in [1.807, 2.05) is 0 Å². The zero-order valence-electron chi connectivity index (χ0n) is 29.6. The third kappa shape index (κ3) is 3.60. The molecule has 0 radical (unpaired) electrons. The molecule has 0 bridgehead atoms. The first-order valence-electron chi connectivity index (χ1n) is 19.0. The molecule has 4 aliphatic rings. The smallest absolute Gasteiger partial charge is 0.160 e. The van der Waals surface area contributed by atoms with E-state index in [-0.39, 0.29) is 5.92 Å². The summed E-state index contributed by atoms with van der Waals surface area (Å²) in [5.41, 5.74) is 17.9. The Hall–Kier alpha value is -6.64. The van der Waals surface area contributed by atoms with Crippen LogP contribution < -0.4 is 0 Å².